The lowest BCUT2D eigenvalue weighted by Gasteiger charge is -2.10. The van der Waals surface area contributed by atoms with E-state index < -0.39 is 0 Å². The van der Waals surface area contributed by atoms with Gasteiger partial charge < -0.3 is 16.0 Å². The van der Waals surface area contributed by atoms with Crippen LogP contribution in [0.15, 0.2) is 72.9 Å². The molecule has 0 aliphatic carbocycles. The molecule has 0 aliphatic rings. The van der Waals surface area contributed by atoms with Crippen LogP contribution in [0.3, 0.4) is 0 Å². The van der Waals surface area contributed by atoms with Crippen molar-refractivity contribution >= 4 is 34.8 Å². The topological polar surface area (TPSA) is 83.1 Å². The summed E-state index contributed by atoms with van der Waals surface area (Å²) in [6.45, 7) is 0.387. The molecule has 0 radical (unpaired) electrons. The zero-order valence-electron chi connectivity index (χ0n) is 15.0. The van der Waals surface area contributed by atoms with Crippen molar-refractivity contribution in [2.45, 2.75) is 6.54 Å². The highest BCUT2D eigenvalue weighted by Gasteiger charge is 2.09. The molecule has 3 aromatic rings. The summed E-state index contributed by atoms with van der Waals surface area (Å²) >= 11 is 6.05. The van der Waals surface area contributed by atoms with Gasteiger partial charge in [-0.3, -0.25) is 14.6 Å². The van der Waals surface area contributed by atoms with Crippen LogP contribution < -0.4 is 16.0 Å². The molecular formula is C21H19ClN4O2. The highest BCUT2D eigenvalue weighted by Crippen LogP contribution is 2.20. The second-order valence-electron chi connectivity index (χ2n) is 5.97. The van der Waals surface area contributed by atoms with E-state index in [1.807, 2.05) is 30.3 Å². The molecule has 142 valence electrons. The minimum absolute atomic E-state index is 0.0554. The molecule has 0 bridgehead atoms. The molecule has 0 unspecified atom stereocenters. The maximum atomic E-state index is 12.3. The molecule has 0 fully saturated rings. The molecule has 3 rings (SSSR count). The summed E-state index contributed by atoms with van der Waals surface area (Å²) < 4.78 is 0. The highest BCUT2D eigenvalue weighted by atomic mass is 35.5. The third kappa shape index (κ3) is 5.56. The number of nitrogens with zero attached hydrogens (tertiary/aromatic N) is 1. The number of para-hydroxylation sites is 1. The fourth-order valence-electron chi connectivity index (χ4n) is 2.50. The first-order chi connectivity index (χ1) is 13.6. The molecule has 3 N–H and O–H groups in total. The molecule has 0 spiro atoms. The standard InChI is InChI=1S/C21H19ClN4O2/c22-18-9-1-2-10-19(18)24-14-20(27)26-16-8-5-6-15(12-16)21(28)25-13-17-7-3-4-11-23-17/h1-12,24H,13-14H2,(H,25,28)(H,26,27). The van der Waals surface area contributed by atoms with Crippen molar-refractivity contribution in [3.8, 4) is 0 Å². The van der Waals surface area contributed by atoms with E-state index in [2.05, 4.69) is 20.9 Å². The highest BCUT2D eigenvalue weighted by molar-refractivity contribution is 6.33. The summed E-state index contributed by atoms with van der Waals surface area (Å²) in [6.07, 6.45) is 1.67. The zero-order valence-corrected chi connectivity index (χ0v) is 15.7. The molecule has 0 saturated heterocycles. The van der Waals surface area contributed by atoms with Gasteiger partial charge in [0.05, 0.1) is 29.5 Å². The van der Waals surface area contributed by atoms with E-state index in [0.29, 0.717) is 28.5 Å². The van der Waals surface area contributed by atoms with Gasteiger partial charge in [-0.1, -0.05) is 35.9 Å². The van der Waals surface area contributed by atoms with Crippen molar-refractivity contribution < 1.29 is 9.59 Å². The summed E-state index contributed by atoms with van der Waals surface area (Å²) in [5.41, 5.74) is 2.44. The van der Waals surface area contributed by atoms with Gasteiger partial charge in [-0.2, -0.15) is 0 Å². The molecule has 0 aliphatic heterocycles. The van der Waals surface area contributed by atoms with Crippen LogP contribution in [0, 0.1) is 0 Å². The van der Waals surface area contributed by atoms with Gasteiger partial charge in [-0.05, 0) is 42.5 Å². The Morgan fingerprint density at radius 3 is 2.57 bits per heavy atom. The second-order valence-corrected chi connectivity index (χ2v) is 6.37. The van der Waals surface area contributed by atoms with Crippen molar-refractivity contribution in [2.24, 2.45) is 0 Å². The molecule has 2 aromatic carbocycles. The Morgan fingerprint density at radius 1 is 0.964 bits per heavy atom. The average molecular weight is 395 g/mol. The maximum absolute atomic E-state index is 12.3. The lowest BCUT2D eigenvalue weighted by Crippen LogP contribution is -2.24. The lowest BCUT2D eigenvalue weighted by molar-refractivity contribution is -0.114. The van der Waals surface area contributed by atoms with Gasteiger partial charge in [0.1, 0.15) is 0 Å². The van der Waals surface area contributed by atoms with Crippen molar-refractivity contribution in [1.29, 1.82) is 0 Å². The van der Waals surface area contributed by atoms with Crippen molar-refractivity contribution in [3.63, 3.8) is 0 Å². The van der Waals surface area contributed by atoms with Gasteiger partial charge in [0.2, 0.25) is 5.91 Å². The average Bonchev–Trinajstić information content (AvgIpc) is 2.72. The van der Waals surface area contributed by atoms with E-state index >= 15 is 0 Å². The fraction of sp³-hybridized carbons (Fsp3) is 0.0952. The SMILES string of the molecule is O=C(CNc1ccccc1Cl)Nc1cccc(C(=O)NCc2ccccn2)c1. The molecule has 1 heterocycles. The number of rotatable bonds is 7. The van der Waals surface area contributed by atoms with E-state index in [9.17, 15) is 9.59 Å². The van der Waals surface area contributed by atoms with Gasteiger partial charge >= 0.3 is 0 Å². The summed E-state index contributed by atoms with van der Waals surface area (Å²) in [5, 5.41) is 9.09. The number of hydrogen-bond acceptors (Lipinski definition) is 4. The minimum atomic E-state index is -0.244. The first kappa shape index (κ1) is 19.4. The Bertz CT molecular complexity index is 963. The minimum Gasteiger partial charge on any atom is -0.375 e. The van der Waals surface area contributed by atoms with Crippen LogP contribution in [-0.2, 0) is 11.3 Å². The molecule has 2 amide bonds. The van der Waals surface area contributed by atoms with E-state index in [4.69, 9.17) is 11.6 Å². The number of benzene rings is 2. The number of carbonyl (C=O) groups excluding carboxylic acids is 2. The summed E-state index contributed by atoms with van der Waals surface area (Å²) in [7, 11) is 0. The summed E-state index contributed by atoms with van der Waals surface area (Å²) in [5.74, 6) is -0.484. The smallest absolute Gasteiger partial charge is 0.251 e. The van der Waals surface area contributed by atoms with Crippen molar-refractivity contribution in [3.05, 3.63) is 89.2 Å². The van der Waals surface area contributed by atoms with E-state index in [0.717, 1.165) is 5.69 Å². The van der Waals surface area contributed by atoms with Gasteiger partial charge in [-0.15, -0.1) is 0 Å². The second kappa shape index (κ2) is 9.53. The lowest BCUT2D eigenvalue weighted by atomic mass is 10.2. The zero-order chi connectivity index (χ0) is 19.8. The van der Waals surface area contributed by atoms with Gasteiger partial charge in [-0.25, -0.2) is 0 Å². The van der Waals surface area contributed by atoms with Crippen LogP contribution in [0.1, 0.15) is 16.1 Å². The number of aromatic nitrogens is 1. The molecular weight excluding hydrogens is 376 g/mol. The van der Waals surface area contributed by atoms with Crippen LogP contribution in [-0.4, -0.2) is 23.3 Å². The number of carbonyl (C=O) groups is 2. The van der Waals surface area contributed by atoms with Crippen LogP contribution >= 0.6 is 11.6 Å². The predicted molar refractivity (Wildman–Crippen MR) is 110 cm³/mol. The number of halogens is 1. The fourth-order valence-corrected chi connectivity index (χ4v) is 2.70. The summed E-state index contributed by atoms with van der Waals surface area (Å²) in [4.78, 5) is 28.7. The number of hydrogen-bond donors (Lipinski definition) is 3. The number of amides is 2. The van der Waals surface area contributed by atoms with Crippen LogP contribution in [0.4, 0.5) is 11.4 Å². The molecule has 0 saturated carbocycles. The first-order valence-electron chi connectivity index (χ1n) is 8.68. The molecule has 1 aromatic heterocycles. The Labute approximate surface area is 168 Å². The van der Waals surface area contributed by atoms with Crippen molar-refractivity contribution in [1.82, 2.24) is 10.3 Å². The Morgan fingerprint density at radius 2 is 1.79 bits per heavy atom. The van der Waals surface area contributed by atoms with Crippen LogP contribution in [0.5, 0.6) is 0 Å². The van der Waals surface area contributed by atoms with Crippen molar-refractivity contribution in [2.75, 3.05) is 17.2 Å². The van der Waals surface area contributed by atoms with Gasteiger partial charge in [0.25, 0.3) is 5.91 Å². The molecule has 28 heavy (non-hydrogen) atoms. The van der Waals surface area contributed by atoms with Crippen LogP contribution in [0.2, 0.25) is 5.02 Å². The third-order valence-corrected chi connectivity index (χ3v) is 4.21. The van der Waals surface area contributed by atoms with Crippen LogP contribution in [0.25, 0.3) is 0 Å². The predicted octanol–water partition coefficient (Wildman–Crippen LogP) is 3.72. The Kier molecular flexibility index (Phi) is 6.59. The van der Waals surface area contributed by atoms with E-state index in [1.54, 1.807) is 42.6 Å². The Hall–Kier alpha value is -3.38. The molecule has 0 atom stereocenters. The molecule has 7 heteroatoms. The number of pyridine rings is 1. The third-order valence-electron chi connectivity index (χ3n) is 3.88. The quantitative estimate of drug-likeness (QED) is 0.570. The maximum Gasteiger partial charge on any atom is 0.251 e. The largest absolute Gasteiger partial charge is 0.375 e. The molecule has 6 nitrogen and oxygen atoms in total. The first-order valence-corrected chi connectivity index (χ1v) is 9.06. The van der Waals surface area contributed by atoms with E-state index in [-0.39, 0.29) is 18.4 Å². The van der Waals surface area contributed by atoms with Gasteiger partial charge in [0.15, 0.2) is 0 Å². The number of nitrogens with one attached hydrogen (secondary N) is 3. The normalized spacial score (nSPS) is 10.2. The monoisotopic (exact) mass is 394 g/mol. The van der Waals surface area contributed by atoms with E-state index in [1.165, 1.54) is 0 Å². The summed E-state index contributed by atoms with van der Waals surface area (Å²) in [6, 6.07) is 19.5. The Balaban J connectivity index is 1.54. The number of anilines is 2. The van der Waals surface area contributed by atoms with Gasteiger partial charge in [0, 0.05) is 17.4 Å².